The number of piperidine rings is 1. The van der Waals surface area contributed by atoms with Crippen LogP contribution in [0.25, 0.3) is 11.5 Å². The second kappa shape index (κ2) is 11.6. The van der Waals surface area contributed by atoms with Gasteiger partial charge in [0.05, 0.1) is 0 Å². The van der Waals surface area contributed by atoms with Crippen molar-refractivity contribution < 1.29 is 4.42 Å². The molecule has 1 fully saturated rings. The van der Waals surface area contributed by atoms with Gasteiger partial charge in [0.1, 0.15) is 15.9 Å². The summed E-state index contributed by atoms with van der Waals surface area (Å²) in [5.41, 5.74) is 3.13. The van der Waals surface area contributed by atoms with Crippen molar-refractivity contribution in [3.05, 3.63) is 154 Å². The fourth-order valence-electron chi connectivity index (χ4n) is 7.28. The molecule has 1 saturated heterocycles. The Bertz CT molecular complexity index is 1910. The summed E-state index contributed by atoms with van der Waals surface area (Å²) >= 11 is 3.59. The molecule has 0 radical (unpaired) electrons. The van der Waals surface area contributed by atoms with Crippen LogP contribution in [-0.2, 0) is 6.54 Å². The van der Waals surface area contributed by atoms with Crippen molar-refractivity contribution >= 4 is 50.4 Å². The molecule has 8 rings (SSSR count). The van der Waals surface area contributed by atoms with Gasteiger partial charge in [-0.2, -0.15) is 4.98 Å². The summed E-state index contributed by atoms with van der Waals surface area (Å²) in [6.45, 7) is 2.29. The van der Waals surface area contributed by atoms with Crippen molar-refractivity contribution in [2.45, 2.75) is 18.9 Å². The van der Waals surface area contributed by atoms with Crippen molar-refractivity contribution in [3.8, 4) is 11.5 Å². The lowest BCUT2D eigenvalue weighted by Gasteiger charge is -2.42. The number of halogens is 1. The number of pyridine rings is 1. The Labute approximate surface area is 271 Å². The molecule has 45 heavy (non-hydrogen) atoms. The van der Waals surface area contributed by atoms with Gasteiger partial charge in [-0.1, -0.05) is 76.6 Å². The summed E-state index contributed by atoms with van der Waals surface area (Å²) < 4.78 is 9.98. The predicted octanol–water partition coefficient (Wildman–Crippen LogP) is 6.51. The molecule has 4 heterocycles. The number of rotatable bonds is 6. The van der Waals surface area contributed by atoms with Crippen molar-refractivity contribution in [3.63, 3.8) is 0 Å². The highest BCUT2D eigenvalue weighted by Gasteiger charge is 2.54. The zero-order valence-electron chi connectivity index (χ0n) is 24.7. The number of hydrogen-bond acceptors (Lipinski definition) is 4. The SMILES string of the molecule is O=c1cccc2n1C[C@H]1CC2CN(c2oc(-c3ccc(Br)cc3)nc2[P+](c2ccccc2)(c2ccccc2)c2ccccc2)C1. The van der Waals surface area contributed by atoms with E-state index >= 15 is 0 Å². The van der Waals surface area contributed by atoms with Crippen LogP contribution >= 0.6 is 23.2 Å². The number of oxazole rings is 1. The molecule has 0 aliphatic carbocycles. The molecule has 2 aromatic heterocycles. The summed E-state index contributed by atoms with van der Waals surface area (Å²) in [5.74, 6) is 2.02. The van der Waals surface area contributed by atoms with Crippen molar-refractivity contribution in [1.82, 2.24) is 9.55 Å². The second-order valence-electron chi connectivity index (χ2n) is 11.9. The van der Waals surface area contributed by atoms with E-state index in [1.54, 1.807) is 6.07 Å². The molecule has 7 heteroatoms. The van der Waals surface area contributed by atoms with Crippen LogP contribution in [0.2, 0.25) is 0 Å². The molecule has 2 bridgehead atoms. The molecule has 1 unspecified atom stereocenters. The van der Waals surface area contributed by atoms with Gasteiger partial charge in [0.25, 0.3) is 16.9 Å². The molecule has 4 aromatic carbocycles. The van der Waals surface area contributed by atoms with E-state index < -0.39 is 7.26 Å². The smallest absolute Gasteiger partial charge is 0.262 e. The molecule has 0 saturated carbocycles. The Morgan fingerprint density at radius 1 is 0.689 bits per heavy atom. The van der Waals surface area contributed by atoms with E-state index in [-0.39, 0.29) is 11.5 Å². The van der Waals surface area contributed by atoms with Crippen LogP contribution in [0.3, 0.4) is 0 Å². The van der Waals surface area contributed by atoms with Crippen LogP contribution in [0, 0.1) is 5.92 Å². The van der Waals surface area contributed by atoms with E-state index in [9.17, 15) is 4.79 Å². The predicted molar refractivity (Wildman–Crippen MR) is 188 cm³/mol. The summed E-state index contributed by atoms with van der Waals surface area (Å²) in [6.07, 6.45) is 1.07. The fraction of sp³-hybridized carbons (Fsp3) is 0.158. The second-order valence-corrected chi connectivity index (χ2v) is 16.2. The molecule has 2 aliphatic rings. The Kier molecular flexibility index (Phi) is 7.28. The maximum Gasteiger partial charge on any atom is 0.262 e. The summed E-state index contributed by atoms with van der Waals surface area (Å²) in [5, 5.41) is 3.69. The minimum atomic E-state index is -2.53. The topological polar surface area (TPSA) is 51.3 Å². The summed E-state index contributed by atoms with van der Waals surface area (Å²) in [6, 6.07) is 46.4. The van der Waals surface area contributed by atoms with Crippen molar-refractivity contribution in [1.29, 1.82) is 0 Å². The van der Waals surface area contributed by atoms with Gasteiger partial charge in [0.2, 0.25) is 5.89 Å². The van der Waals surface area contributed by atoms with Gasteiger partial charge in [-0.05, 0) is 79.1 Å². The largest absolute Gasteiger partial charge is 0.416 e. The van der Waals surface area contributed by atoms with Gasteiger partial charge in [-0.3, -0.25) is 4.79 Å². The standard InChI is InChI=1S/C38H32BrN3O2P/c39-30-21-19-28(20-22-30)36-40-37(38(44-36)41-24-27-23-29(26-41)34-17-10-18-35(43)42(34)25-27)45(31-11-4-1-5-12-31,32-13-6-2-7-14-32)33-15-8-3-9-16-33/h1-22,27,29H,23-26H2/q+1/t27-,29?/m0/s1. The van der Waals surface area contributed by atoms with Crippen LogP contribution in [0.5, 0.6) is 0 Å². The summed E-state index contributed by atoms with van der Waals surface area (Å²) in [7, 11) is -2.53. The zero-order valence-corrected chi connectivity index (χ0v) is 27.1. The number of aromatic nitrogens is 2. The number of fused-ring (bicyclic) bond motifs is 4. The van der Waals surface area contributed by atoms with Gasteiger partial charge in [0.15, 0.2) is 7.26 Å². The fourth-order valence-corrected chi connectivity index (χ4v) is 11.7. The van der Waals surface area contributed by atoms with Gasteiger partial charge < -0.3 is 13.9 Å². The molecule has 222 valence electrons. The lowest BCUT2D eigenvalue weighted by Crippen LogP contribution is -2.49. The molecule has 0 amide bonds. The third kappa shape index (κ3) is 4.88. The maximum absolute atomic E-state index is 12.8. The van der Waals surface area contributed by atoms with Crippen LogP contribution in [-0.4, -0.2) is 22.6 Å². The third-order valence-corrected chi connectivity index (χ3v) is 13.9. The molecule has 0 spiro atoms. The Hall–Kier alpha value is -4.25. The lowest BCUT2D eigenvalue weighted by molar-refractivity contribution is 0.275. The van der Waals surface area contributed by atoms with Crippen LogP contribution in [0.15, 0.2) is 147 Å². The van der Waals surface area contributed by atoms with Crippen molar-refractivity contribution in [2.75, 3.05) is 18.0 Å². The normalized spacial score (nSPS) is 17.6. The molecular formula is C38H32BrN3O2P+. The Morgan fingerprint density at radius 2 is 1.29 bits per heavy atom. The van der Waals surface area contributed by atoms with Gasteiger partial charge in [-0.15, -0.1) is 0 Å². The maximum atomic E-state index is 12.8. The van der Waals surface area contributed by atoms with Crippen molar-refractivity contribution in [2.24, 2.45) is 5.92 Å². The highest BCUT2D eigenvalue weighted by molar-refractivity contribution is 9.10. The summed E-state index contributed by atoms with van der Waals surface area (Å²) in [4.78, 5) is 20.7. The number of hydrogen-bond donors (Lipinski definition) is 0. The molecule has 0 N–H and O–H groups in total. The Balaban J connectivity index is 1.39. The van der Waals surface area contributed by atoms with Crippen LogP contribution in [0.1, 0.15) is 18.0 Å². The first-order valence-corrected chi connectivity index (χ1v) is 18.0. The van der Waals surface area contributed by atoms with E-state index in [0.29, 0.717) is 11.8 Å². The molecule has 5 nitrogen and oxygen atoms in total. The zero-order chi connectivity index (χ0) is 30.4. The molecule has 2 aliphatic heterocycles. The van der Waals surface area contributed by atoms with Gasteiger partial charge >= 0.3 is 0 Å². The molecule has 2 atom stereocenters. The number of anilines is 1. The lowest BCUT2D eigenvalue weighted by atomic mass is 9.83. The Morgan fingerprint density at radius 3 is 1.89 bits per heavy atom. The van der Waals surface area contributed by atoms with E-state index in [4.69, 9.17) is 9.40 Å². The molecular weight excluding hydrogens is 641 g/mol. The third-order valence-electron chi connectivity index (χ3n) is 9.20. The highest BCUT2D eigenvalue weighted by atomic mass is 79.9. The first-order valence-electron chi connectivity index (χ1n) is 15.4. The van der Waals surface area contributed by atoms with Crippen LogP contribution < -0.4 is 31.8 Å². The van der Waals surface area contributed by atoms with Crippen LogP contribution in [0.4, 0.5) is 5.88 Å². The average molecular weight is 674 g/mol. The first-order chi connectivity index (χ1) is 22.1. The van der Waals surface area contributed by atoms with Gasteiger partial charge in [0, 0.05) is 47.3 Å². The number of benzene rings is 4. The van der Waals surface area contributed by atoms with E-state index in [1.165, 1.54) is 15.9 Å². The number of nitrogens with zero attached hydrogens (tertiary/aromatic N) is 3. The minimum absolute atomic E-state index is 0.0932. The highest BCUT2D eigenvalue weighted by Crippen LogP contribution is 2.56. The van der Waals surface area contributed by atoms with E-state index in [2.05, 4.69) is 130 Å². The quantitative estimate of drug-likeness (QED) is 0.189. The minimum Gasteiger partial charge on any atom is -0.416 e. The average Bonchev–Trinajstić information content (AvgIpc) is 3.53. The molecule has 6 aromatic rings. The van der Waals surface area contributed by atoms with Gasteiger partial charge in [-0.25, -0.2) is 0 Å². The first kappa shape index (κ1) is 28.2. The monoisotopic (exact) mass is 672 g/mol. The van der Waals surface area contributed by atoms with E-state index in [1.807, 2.05) is 22.8 Å². The van der Waals surface area contributed by atoms with E-state index in [0.717, 1.165) is 53.1 Å².